The van der Waals surface area contributed by atoms with E-state index in [4.69, 9.17) is 0 Å². The van der Waals surface area contributed by atoms with Gasteiger partial charge in [-0.1, -0.05) is 35.9 Å². The zero-order chi connectivity index (χ0) is 19.3. The van der Waals surface area contributed by atoms with E-state index in [0.717, 1.165) is 10.5 Å². The van der Waals surface area contributed by atoms with E-state index in [1.807, 2.05) is 49.4 Å². The van der Waals surface area contributed by atoms with Gasteiger partial charge in [-0.2, -0.15) is 0 Å². The molecule has 0 amide bonds. The molecule has 0 bridgehead atoms. The summed E-state index contributed by atoms with van der Waals surface area (Å²) in [4.78, 5) is 12.6. The maximum atomic E-state index is 12.6. The Kier molecular flexibility index (Phi) is 6.86. The highest BCUT2D eigenvalue weighted by atomic mass is 32.2. The van der Waals surface area contributed by atoms with Crippen LogP contribution in [0.25, 0.3) is 0 Å². The number of nitrogens with one attached hydrogen (secondary N) is 1. The molecule has 140 valence electrons. The molecular weight excluding hydrogens is 370 g/mol. The van der Waals surface area contributed by atoms with Crippen molar-refractivity contribution >= 4 is 27.8 Å². The number of carboxylic acid groups (broad SMARTS) is 1. The first-order chi connectivity index (χ1) is 12.2. The molecule has 0 aliphatic heterocycles. The van der Waals surface area contributed by atoms with E-state index in [0.29, 0.717) is 11.1 Å². The van der Waals surface area contributed by atoms with Crippen LogP contribution >= 0.6 is 11.8 Å². The molecule has 0 spiro atoms. The summed E-state index contributed by atoms with van der Waals surface area (Å²) in [6.45, 7) is 5.51. The van der Waals surface area contributed by atoms with E-state index < -0.39 is 21.2 Å². The third-order valence-electron chi connectivity index (χ3n) is 3.87. The van der Waals surface area contributed by atoms with Gasteiger partial charge in [0.25, 0.3) is 0 Å². The van der Waals surface area contributed by atoms with Gasteiger partial charge in [0.2, 0.25) is 10.0 Å². The second kappa shape index (κ2) is 8.70. The van der Waals surface area contributed by atoms with Gasteiger partial charge in [-0.25, -0.2) is 13.1 Å². The molecule has 2 rings (SSSR count). The molecular formula is C19H23NO4S2. The van der Waals surface area contributed by atoms with Crippen molar-refractivity contribution in [1.82, 2.24) is 4.72 Å². The van der Waals surface area contributed by atoms with Crippen molar-refractivity contribution in [1.29, 1.82) is 0 Å². The number of carboxylic acids is 1. The normalized spacial score (nSPS) is 12.7. The zero-order valence-corrected chi connectivity index (χ0v) is 16.7. The number of thioether (sulfide) groups is 1. The average molecular weight is 394 g/mol. The van der Waals surface area contributed by atoms with Crippen LogP contribution in [-0.2, 0) is 14.8 Å². The van der Waals surface area contributed by atoms with Crippen LogP contribution in [0.15, 0.2) is 52.3 Å². The van der Waals surface area contributed by atoms with E-state index in [1.165, 1.54) is 11.8 Å². The van der Waals surface area contributed by atoms with Gasteiger partial charge in [0.1, 0.15) is 5.25 Å². The van der Waals surface area contributed by atoms with Crippen molar-refractivity contribution in [3.63, 3.8) is 0 Å². The average Bonchev–Trinajstić information content (AvgIpc) is 2.53. The maximum absolute atomic E-state index is 12.6. The van der Waals surface area contributed by atoms with Gasteiger partial charge in [0, 0.05) is 11.4 Å². The van der Waals surface area contributed by atoms with Crippen LogP contribution in [0.3, 0.4) is 0 Å². The molecule has 7 heteroatoms. The van der Waals surface area contributed by atoms with Crippen LogP contribution in [0.2, 0.25) is 0 Å². The van der Waals surface area contributed by atoms with Crippen molar-refractivity contribution in [2.75, 3.05) is 6.54 Å². The minimum Gasteiger partial charge on any atom is -0.480 e. The molecule has 0 aliphatic rings. The Balaban J connectivity index is 2.06. The molecule has 2 N–H and O–H groups in total. The lowest BCUT2D eigenvalue weighted by molar-refractivity contribution is -0.136. The van der Waals surface area contributed by atoms with Gasteiger partial charge < -0.3 is 5.11 Å². The minimum absolute atomic E-state index is 0.0614. The Morgan fingerprint density at radius 3 is 2.23 bits per heavy atom. The second-order valence-electron chi connectivity index (χ2n) is 6.17. The Morgan fingerprint density at radius 1 is 1.12 bits per heavy atom. The number of aryl methyl sites for hydroxylation is 3. The van der Waals surface area contributed by atoms with Gasteiger partial charge in [-0.05, 0) is 50.5 Å². The molecule has 0 fully saturated rings. The van der Waals surface area contributed by atoms with Crippen LogP contribution in [0.1, 0.15) is 23.1 Å². The molecule has 0 aliphatic carbocycles. The molecule has 0 radical (unpaired) electrons. The van der Waals surface area contributed by atoms with Crippen LogP contribution in [0.5, 0.6) is 0 Å². The van der Waals surface area contributed by atoms with Crippen molar-refractivity contribution in [2.24, 2.45) is 0 Å². The highest BCUT2D eigenvalue weighted by Crippen LogP contribution is 2.26. The summed E-state index contributed by atoms with van der Waals surface area (Å²) in [7, 11) is -3.68. The van der Waals surface area contributed by atoms with E-state index in [9.17, 15) is 18.3 Å². The molecule has 2 aromatic rings. The largest absolute Gasteiger partial charge is 0.480 e. The number of rotatable bonds is 8. The maximum Gasteiger partial charge on any atom is 0.317 e. The number of carbonyl (C=O) groups is 1. The number of hydrogen-bond acceptors (Lipinski definition) is 4. The van der Waals surface area contributed by atoms with Gasteiger partial charge >= 0.3 is 5.97 Å². The van der Waals surface area contributed by atoms with Crippen LogP contribution in [-0.4, -0.2) is 31.3 Å². The van der Waals surface area contributed by atoms with Gasteiger partial charge in [0.15, 0.2) is 0 Å². The first kappa shape index (κ1) is 20.5. The molecule has 26 heavy (non-hydrogen) atoms. The van der Waals surface area contributed by atoms with Gasteiger partial charge in [0.05, 0.1) is 4.90 Å². The molecule has 0 saturated carbocycles. The fraction of sp³-hybridized carbons (Fsp3) is 0.316. The third kappa shape index (κ3) is 5.33. The van der Waals surface area contributed by atoms with Crippen molar-refractivity contribution in [3.05, 3.63) is 59.2 Å². The fourth-order valence-corrected chi connectivity index (χ4v) is 5.36. The molecule has 1 unspecified atom stereocenters. The summed E-state index contributed by atoms with van der Waals surface area (Å²) in [5.74, 6) is -0.958. The minimum atomic E-state index is -3.68. The van der Waals surface area contributed by atoms with E-state index in [1.54, 1.807) is 13.8 Å². The summed E-state index contributed by atoms with van der Waals surface area (Å²) >= 11 is 1.22. The van der Waals surface area contributed by atoms with E-state index in [-0.39, 0.29) is 17.9 Å². The van der Waals surface area contributed by atoms with E-state index >= 15 is 0 Å². The summed E-state index contributed by atoms with van der Waals surface area (Å²) in [6.07, 6.45) is 0.193. The summed E-state index contributed by atoms with van der Waals surface area (Å²) in [6, 6.07) is 12.9. The van der Waals surface area contributed by atoms with E-state index in [2.05, 4.69) is 4.72 Å². The molecule has 1 atom stereocenters. The lowest BCUT2D eigenvalue weighted by Gasteiger charge is -2.15. The molecule has 0 aromatic heterocycles. The molecule has 5 nitrogen and oxygen atoms in total. The zero-order valence-electron chi connectivity index (χ0n) is 15.0. The molecule has 2 aromatic carbocycles. The predicted molar refractivity (Wildman–Crippen MR) is 104 cm³/mol. The Morgan fingerprint density at radius 2 is 1.69 bits per heavy atom. The highest BCUT2D eigenvalue weighted by molar-refractivity contribution is 8.00. The third-order valence-corrected chi connectivity index (χ3v) is 6.90. The molecule has 0 saturated heterocycles. The van der Waals surface area contributed by atoms with Gasteiger partial charge in [-0.3, -0.25) is 4.79 Å². The van der Waals surface area contributed by atoms with Crippen LogP contribution in [0.4, 0.5) is 0 Å². The molecule has 0 heterocycles. The Bertz CT molecular complexity index is 857. The first-order valence-corrected chi connectivity index (χ1v) is 10.6. The summed E-state index contributed by atoms with van der Waals surface area (Å²) in [5, 5.41) is 8.68. The number of hydrogen-bond donors (Lipinski definition) is 2. The highest BCUT2D eigenvalue weighted by Gasteiger charge is 2.23. The SMILES string of the molecule is Cc1cc(C)c(S(=O)(=O)NCCC(Sc2ccccc2)C(=O)O)c(C)c1. The number of aliphatic carboxylic acids is 1. The number of sulfonamides is 1. The monoisotopic (exact) mass is 393 g/mol. The standard InChI is InChI=1S/C19H23NO4S2/c1-13-11-14(2)18(15(3)12-13)26(23,24)20-10-9-17(19(21)22)25-16-7-5-4-6-8-16/h4-8,11-12,17,20H,9-10H2,1-3H3,(H,21,22). The van der Waals surface area contributed by atoms with Gasteiger partial charge in [-0.15, -0.1) is 11.8 Å². The predicted octanol–water partition coefficient (Wildman–Crippen LogP) is 3.53. The Labute approximate surface area is 158 Å². The van der Waals surface area contributed by atoms with Crippen LogP contribution < -0.4 is 4.72 Å². The quantitative estimate of drug-likeness (QED) is 0.671. The topological polar surface area (TPSA) is 83.5 Å². The summed E-state index contributed by atoms with van der Waals surface area (Å²) < 4.78 is 27.8. The number of benzene rings is 2. The fourth-order valence-electron chi connectivity index (χ4n) is 2.88. The van der Waals surface area contributed by atoms with Crippen molar-refractivity contribution < 1.29 is 18.3 Å². The lowest BCUT2D eigenvalue weighted by atomic mass is 10.1. The van der Waals surface area contributed by atoms with Crippen molar-refractivity contribution in [3.8, 4) is 0 Å². The lowest BCUT2D eigenvalue weighted by Crippen LogP contribution is -2.30. The van der Waals surface area contributed by atoms with Crippen LogP contribution in [0, 0.1) is 20.8 Å². The summed E-state index contributed by atoms with van der Waals surface area (Å²) in [5.41, 5.74) is 2.37. The Hall–Kier alpha value is -1.83. The first-order valence-electron chi connectivity index (χ1n) is 8.22. The second-order valence-corrected chi connectivity index (χ2v) is 9.15. The van der Waals surface area contributed by atoms with Crippen molar-refractivity contribution in [2.45, 2.75) is 42.2 Å². The smallest absolute Gasteiger partial charge is 0.317 e.